The van der Waals surface area contributed by atoms with Crippen LogP contribution in [0.25, 0.3) is 21.5 Å². The number of ether oxygens (including phenoxy) is 2. The van der Waals surface area contributed by atoms with E-state index < -0.39 is 23.8 Å². The Balaban J connectivity index is 0.000000260. The maximum absolute atomic E-state index is 10.8. The summed E-state index contributed by atoms with van der Waals surface area (Å²) < 4.78 is 10.3. The minimum Gasteiger partial charge on any atom is -0.550 e. The van der Waals surface area contributed by atoms with E-state index >= 15 is 0 Å². The topological polar surface area (TPSA) is 226 Å². The zero-order valence-corrected chi connectivity index (χ0v) is 32.1. The number of benzene rings is 6. The number of aliphatic carboxylic acids is 2. The molecule has 11 heteroatoms. The molecule has 0 unspecified atom stereocenters. The van der Waals surface area contributed by atoms with E-state index in [0.29, 0.717) is 11.5 Å². The summed E-state index contributed by atoms with van der Waals surface area (Å²) in [5.41, 5.74) is 10.9. The van der Waals surface area contributed by atoms with Crippen molar-refractivity contribution in [2.24, 2.45) is 0 Å². The average Bonchev–Trinajstić information content (AvgIpc) is 3.17. The molecule has 0 aliphatic heterocycles. The quantitative estimate of drug-likeness (QED) is 0.178. The van der Waals surface area contributed by atoms with E-state index in [2.05, 4.69) is 11.5 Å². The molecule has 0 spiro atoms. The van der Waals surface area contributed by atoms with Gasteiger partial charge in [0, 0.05) is 23.8 Å². The van der Waals surface area contributed by atoms with E-state index in [-0.39, 0.29) is 17.6 Å². The van der Waals surface area contributed by atoms with Gasteiger partial charge in [0.2, 0.25) is 0 Å². The van der Waals surface area contributed by atoms with Gasteiger partial charge in [0.25, 0.3) is 0 Å². The molecule has 10 N–H and O–H groups in total. The van der Waals surface area contributed by atoms with Crippen LogP contribution >= 0.6 is 0 Å². The van der Waals surface area contributed by atoms with Gasteiger partial charge in [-0.15, -0.1) is 0 Å². The van der Waals surface area contributed by atoms with Crippen LogP contribution in [0.15, 0.2) is 121 Å². The maximum Gasteiger partial charge on any atom is 0.124 e. The van der Waals surface area contributed by atoms with Gasteiger partial charge in [-0.05, 0) is 95.1 Å². The Hall–Kier alpha value is -6.14. The lowest BCUT2D eigenvalue weighted by Crippen LogP contribution is -2.51. The number of hydrogen-bond donors (Lipinski definition) is 4. The van der Waals surface area contributed by atoms with Gasteiger partial charge in [0.05, 0.1) is 25.3 Å². The molecule has 292 valence electrons. The molecule has 0 saturated heterocycles. The number of quaternary nitrogens is 2. The molecule has 0 radical (unpaired) electrons. The van der Waals surface area contributed by atoms with E-state index in [0.717, 1.165) is 55.3 Å². The van der Waals surface area contributed by atoms with Crippen LogP contribution in [0.3, 0.4) is 0 Å². The fourth-order valence-electron chi connectivity index (χ4n) is 5.36. The number of carbonyl (C=O) groups is 2. The Kier molecular flexibility index (Phi) is 17.6. The lowest BCUT2D eigenvalue weighted by atomic mass is 9.98. The van der Waals surface area contributed by atoms with Crippen LogP contribution < -0.4 is 31.2 Å². The number of para-hydroxylation sites is 2. The highest BCUT2D eigenvalue weighted by molar-refractivity contribution is 5.87. The van der Waals surface area contributed by atoms with Crippen molar-refractivity contribution in [1.29, 1.82) is 0 Å². The normalized spacial score (nSPS) is 12.4. The molecule has 6 aromatic carbocycles. The molecule has 55 heavy (non-hydrogen) atoms. The molecule has 0 fully saturated rings. The van der Waals surface area contributed by atoms with Crippen molar-refractivity contribution in [2.75, 3.05) is 14.2 Å². The first-order chi connectivity index (χ1) is 25.7. The summed E-state index contributed by atoms with van der Waals surface area (Å²) in [5, 5.41) is 44.1. The fraction of sp³-hybridized carbons (Fsp3) is 0.227. The summed E-state index contributed by atoms with van der Waals surface area (Å²) in [5.74, 6) is -1.05. The van der Waals surface area contributed by atoms with Gasteiger partial charge < -0.3 is 56.4 Å². The smallest absolute Gasteiger partial charge is 0.124 e. The van der Waals surface area contributed by atoms with Gasteiger partial charge in [0.1, 0.15) is 35.1 Å². The van der Waals surface area contributed by atoms with Crippen LogP contribution in [-0.4, -0.2) is 41.8 Å². The summed E-state index contributed by atoms with van der Waals surface area (Å²) >= 11 is 0. The number of carbonyl (C=O) groups excluding carboxylic acids is 2. The van der Waals surface area contributed by atoms with Gasteiger partial charge in [-0.1, -0.05) is 86.6 Å². The second-order valence-corrected chi connectivity index (χ2v) is 12.9. The van der Waals surface area contributed by atoms with E-state index in [1.165, 1.54) is 0 Å². The van der Waals surface area contributed by atoms with Crippen molar-refractivity contribution < 1.29 is 56.4 Å². The molecule has 0 saturated carbocycles. The van der Waals surface area contributed by atoms with Crippen LogP contribution in [0.4, 0.5) is 0 Å². The van der Waals surface area contributed by atoms with Crippen molar-refractivity contribution in [3.05, 3.63) is 144 Å². The summed E-state index contributed by atoms with van der Waals surface area (Å²) in [6, 6.07) is 37.4. The zero-order valence-electron chi connectivity index (χ0n) is 32.1. The molecule has 0 heterocycles. The first-order valence-electron chi connectivity index (χ1n) is 17.5. The van der Waals surface area contributed by atoms with Crippen molar-refractivity contribution in [1.82, 2.24) is 0 Å². The van der Waals surface area contributed by atoms with Crippen molar-refractivity contribution >= 4 is 33.5 Å². The average molecular weight is 753 g/mol. The predicted molar refractivity (Wildman–Crippen MR) is 210 cm³/mol. The lowest BCUT2D eigenvalue weighted by Gasteiger charge is -2.13. The van der Waals surface area contributed by atoms with E-state index in [1.54, 1.807) is 52.3 Å². The molecule has 0 aliphatic carbocycles. The highest BCUT2D eigenvalue weighted by atomic mass is 16.5. The number of fused-ring (bicyclic) bond motifs is 2. The van der Waals surface area contributed by atoms with Gasteiger partial charge in [-0.3, -0.25) is 0 Å². The largest absolute Gasteiger partial charge is 0.550 e. The van der Waals surface area contributed by atoms with Gasteiger partial charge >= 0.3 is 0 Å². The fourth-order valence-corrected chi connectivity index (χ4v) is 5.36. The Morgan fingerprint density at radius 2 is 0.836 bits per heavy atom. The van der Waals surface area contributed by atoms with Crippen LogP contribution in [0.5, 0.6) is 23.0 Å². The van der Waals surface area contributed by atoms with Crippen LogP contribution in [0.2, 0.25) is 0 Å². The zero-order chi connectivity index (χ0) is 39.9. The second-order valence-electron chi connectivity index (χ2n) is 12.9. The Bertz CT molecular complexity index is 2000. The number of phenols is 2. The first-order valence-corrected chi connectivity index (χ1v) is 17.5. The summed E-state index contributed by atoms with van der Waals surface area (Å²) in [6.45, 7) is 7.16. The third-order valence-electron chi connectivity index (χ3n) is 8.79. The third kappa shape index (κ3) is 13.0. The van der Waals surface area contributed by atoms with E-state index in [1.807, 2.05) is 111 Å². The molecule has 0 aromatic heterocycles. The van der Waals surface area contributed by atoms with Crippen molar-refractivity contribution in [2.45, 2.75) is 51.6 Å². The molecule has 4 atom stereocenters. The number of aromatic hydroxyl groups is 2. The van der Waals surface area contributed by atoms with Crippen molar-refractivity contribution in [3.63, 3.8) is 0 Å². The van der Waals surface area contributed by atoms with Crippen LogP contribution in [-0.2, 0) is 9.59 Å². The Labute approximate surface area is 321 Å². The summed E-state index contributed by atoms with van der Waals surface area (Å²) in [6.07, 6.45) is 0. The summed E-state index contributed by atoms with van der Waals surface area (Å²) in [7, 11) is 3.24. The van der Waals surface area contributed by atoms with Gasteiger partial charge in [-0.2, -0.15) is 0 Å². The molecule has 0 amide bonds. The number of rotatable bonds is 8. The number of carboxylic acid groups (broad SMARTS) is 2. The molecule has 6 rings (SSSR count). The summed E-state index contributed by atoms with van der Waals surface area (Å²) in [4.78, 5) is 21.6. The minimum absolute atomic E-state index is 0. The Morgan fingerprint density at radius 3 is 1.11 bits per heavy atom. The minimum atomic E-state index is -1.06. The van der Waals surface area contributed by atoms with E-state index in [9.17, 15) is 30.0 Å². The van der Waals surface area contributed by atoms with Gasteiger partial charge in [-0.25, -0.2) is 0 Å². The molecule has 6 aromatic rings. The van der Waals surface area contributed by atoms with Crippen LogP contribution in [0.1, 0.15) is 73.9 Å². The standard InChI is InChI=1S/2C14H14O3.2C8H11NO.H2O/c2*1-9(14(15)16)10-3-4-12-8-13(17-2)6-5-11(12)7-10;2*1-6(9)7-4-2-3-5-8(7)10;/h2*3-9H,1-2H3,(H,15,16);2*2-6,10H,9H2,1H3;1H2/t2*9-;2*6-;/m0000./s1. The number of hydrogen-bond acceptors (Lipinski definition) is 8. The molecular weight excluding hydrogens is 700 g/mol. The molecule has 0 bridgehead atoms. The maximum atomic E-state index is 10.8. The van der Waals surface area contributed by atoms with Crippen LogP contribution in [0, 0.1) is 0 Å². The highest BCUT2D eigenvalue weighted by Gasteiger charge is 2.09. The molecule has 0 aliphatic rings. The lowest BCUT2D eigenvalue weighted by molar-refractivity contribution is -0.421. The SMILES string of the molecule is COc1ccc2cc([C@H](C)C(=O)[O-])ccc2c1.COc1ccc2cc([C@H](C)C(=O)[O-])ccc2c1.C[C@H]([NH3+])c1ccccc1O.C[C@H]([NH3+])c1ccccc1O.O. The van der Waals surface area contributed by atoms with Crippen molar-refractivity contribution in [3.8, 4) is 23.0 Å². The second kappa shape index (κ2) is 21.5. The molecular formula is C44H52N2O9. The number of phenolic OH excluding ortho intramolecular Hbond substituents is 2. The highest BCUT2D eigenvalue weighted by Crippen LogP contribution is 2.26. The van der Waals surface area contributed by atoms with E-state index in [4.69, 9.17) is 9.47 Å². The monoisotopic (exact) mass is 752 g/mol. The predicted octanol–water partition coefficient (Wildman–Crippen LogP) is 3.97. The molecule has 11 nitrogen and oxygen atoms in total. The Morgan fingerprint density at radius 1 is 0.527 bits per heavy atom. The first kappa shape index (κ1) is 45.0. The van der Waals surface area contributed by atoms with Gasteiger partial charge in [0.15, 0.2) is 0 Å². The number of carboxylic acids is 2. The third-order valence-corrected chi connectivity index (χ3v) is 8.79. The number of methoxy groups -OCH3 is 2.